The van der Waals surface area contributed by atoms with Crippen molar-refractivity contribution >= 4 is 0 Å². The summed E-state index contributed by atoms with van der Waals surface area (Å²) in [5.74, 6) is 1.63. The minimum atomic E-state index is 0.267. The minimum Gasteiger partial charge on any atom is -0.508 e. The molecule has 3 N–H and O–H groups in total. The van der Waals surface area contributed by atoms with Crippen molar-refractivity contribution < 1.29 is 5.11 Å². The van der Waals surface area contributed by atoms with Gasteiger partial charge in [0.05, 0.1) is 5.69 Å². The molecular formula is C13H15N3O. The van der Waals surface area contributed by atoms with Gasteiger partial charge in [-0.2, -0.15) is 0 Å². The third-order valence-corrected chi connectivity index (χ3v) is 3.21. The van der Waals surface area contributed by atoms with Crippen LogP contribution >= 0.6 is 0 Å². The summed E-state index contributed by atoms with van der Waals surface area (Å²) >= 11 is 0. The van der Waals surface area contributed by atoms with E-state index >= 15 is 0 Å². The van der Waals surface area contributed by atoms with E-state index in [4.69, 9.17) is 0 Å². The third kappa shape index (κ3) is 1.80. The Morgan fingerprint density at radius 2 is 2.18 bits per heavy atom. The van der Waals surface area contributed by atoms with Gasteiger partial charge in [0.15, 0.2) is 0 Å². The van der Waals surface area contributed by atoms with Crippen LogP contribution < -0.4 is 5.32 Å². The second kappa shape index (κ2) is 3.89. The van der Waals surface area contributed by atoms with Crippen molar-refractivity contribution in [3.63, 3.8) is 0 Å². The average Bonchev–Trinajstić information content (AvgIpc) is 2.59. The van der Waals surface area contributed by atoms with Gasteiger partial charge in [-0.05, 0) is 19.1 Å². The van der Waals surface area contributed by atoms with Crippen LogP contribution in [0.2, 0.25) is 0 Å². The summed E-state index contributed by atoms with van der Waals surface area (Å²) in [6, 6.07) is 7.16. The maximum absolute atomic E-state index is 9.47. The van der Waals surface area contributed by atoms with E-state index in [2.05, 4.69) is 15.3 Å². The average molecular weight is 229 g/mol. The molecule has 1 aromatic carbocycles. The molecule has 3 rings (SSSR count). The third-order valence-electron chi connectivity index (χ3n) is 3.21. The number of aromatic nitrogens is 2. The lowest BCUT2D eigenvalue weighted by atomic mass is 9.98. The second-order valence-corrected chi connectivity index (χ2v) is 4.50. The molecule has 1 aromatic heterocycles. The van der Waals surface area contributed by atoms with E-state index in [1.54, 1.807) is 12.1 Å². The number of nitrogens with zero attached hydrogens (tertiary/aromatic N) is 1. The van der Waals surface area contributed by atoms with E-state index in [0.717, 1.165) is 35.9 Å². The molecule has 0 radical (unpaired) electrons. The van der Waals surface area contributed by atoms with Crippen LogP contribution in [0.4, 0.5) is 0 Å². The zero-order chi connectivity index (χ0) is 11.8. The van der Waals surface area contributed by atoms with E-state index < -0.39 is 0 Å². The Kier molecular flexibility index (Phi) is 2.37. The number of benzene rings is 1. The van der Waals surface area contributed by atoms with Crippen LogP contribution in [-0.2, 0) is 0 Å². The van der Waals surface area contributed by atoms with Crippen molar-refractivity contribution in [3.05, 3.63) is 35.7 Å². The van der Waals surface area contributed by atoms with E-state index in [1.165, 1.54) is 0 Å². The van der Waals surface area contributed by atoms with Gasteiger partial charge in [0.1, 0.15) is 11.6 Å². The molecule has 2 heterocycles. The molecule has 4 nitrogen and oxygen atoms in total. The molecule has 0 unspecified atom stereocenters. The first-order chi connectivity index (χ1) is 8.24. The summed E-state index contributed by atoms with van der Waals surface area (Å²) in [4.78, 5) is 7.92. The van der Waals surface area contributed by atoms with Crippen molar-refractivity contribution in [2.75, 3.05) is 13.1 Å². The van der Waals surface area contributed by atoms with Gasteiger partial charge in [0, 0.05) is 30.3 Å². The summed E-state index contributed by atoms with van der Waals surface area (Å²) in [5.41, 5.74) is 3.18. The predicted molar refractivity (Wildman–Crippen MR) is 66.0 cm³/mol. The van der Waals surface area contributed by atoms with Crippen LogP contribution in [0.25, 0.3) is 11.4 Å². The number of rotatable bonds is 2. The number of phenolic OH excluding ortho intramolecular Hbond substituents is 1. The first-order valence-corrected chi connectivity index (χ1v) is 5.80. The monoisotopic (exact) mass is 229 g/mol. The van der Waals surface area contributed by atoms with Gasteiger partial charge in [0.2, 0.25) is 0 Å². The Balaban J connectivity index is 1.98. The smallest absolute Gasteiger partial charge is 0.137 e. The number of phenols is 1. The maximum atomic E-state index is 9.47. The summed E-state index contributed by atoms with van der Waals surface area (Å²) in [6.07, 6.45) is 0. The number of hydrogen-bond donors (Lipinski definition) is 3. The molecule has 0 amide bonds. The van der Waals surface area contributed by atoms with Crippen LogP contribution in [0.5, 0.6) is 5.75 Å². The van der Waals surface area contributed by atoms with Crippen LogP contribution in [0, 0.1) is 6.92 Å². The van der Waals surface area contributed by atoms with Crippen LogP contribution in [-0.4, -0.2) is 28.2 Å². The van der Waals surface area contributed by atoms with Crippen LogP contribution in [0.15, 0.2) is 24.3 Å². The van der Waals surface area contributed by atoms with Gasteiger partial charge in [-0.3, -0.25) is 0 Å². The Morgan fingerprint density at radius 3 is 2.82 bits per heavy atom. The molecule has 0 spiro atoms. The topological polar surface area (TPSA) is 60.9 Å². The SMILES string of the molecule is Cc1[nH]c(-c2cccc(O)c2)nc1C1CNC1. The highest BCUT2D eigenvalue weighted by Crippen LogP contribution is 2.26. The van der Waals surface area contributed by atoms with E-state index in [-0.39, 0.29) is 5.75 Å². The molecule has 1 saturated heterocycles. The standard InChI is InChI=1S/C13H15N3O/c1-8-12(10-6-14-7-10)16-13(15-8)9-3-2-4-11(17)5-9/h2-5,10,14,17H,6-7H2,1H3,(H,15,16). The molecule has 0 atom stereocenters. The van der Waals surface area contributed by atoms with E-state index in [9.17, 15) is 5.11 Å². The Hall–Kier alpha value is -1.81. The molecular weight excluding hydrogens is 214 g/mol. The molecule has 1 aliphatic rings. The molecule has 0 saturated carbocycles. The molecule has 0 bridgehead atoms. The zero-order valence-electron chi connectivity index (χ0n) is 9.70. The molecule has 1 fully saturated rings. The highest BCUT2D eigenvalue weighted by atomic mass is 16.3. The van der Waals surface area contributed by atoms with Crippen molar-refractivity contribution in [2.24, 2.45) is 0 Å². The lowest BCUT2D eigenvalue weighted by Gasteiger charge is -2.25. The number of nitrogens with one attached hydrogen (secondary N) is 2. The summed E-state index contributed by atoms with van der Waals surface area (Å²) in [7, 11) is 0. The van der Waals surface area contributed by atoms with E-state index in [1.807, 2.05) is 19.1 Å². The molecule has 88 valence electrons. The van der Waals surface area contributed by atoms with Gasteiger partial charge < -0.3 is 15.4 Å². The zero-order valence-corrected chi connectivity index (χ0v) is 9.70. The number of hydrogen-bond acceptors (Lipinski definition) is 3. The number of aryl methyl sites for hydroxylation is 1. The molecule has 1 aliphatic heterocycles. The van der Waals surface area contributed by atoms with Gasteiger partial charge in [-0.25, -0.2) is 4.98 Å². The first-order valence-electron chi connectivity index (χ1n) is 5.80. The Bertz CT molecular complexity index is 543. The normalized spacial score (nSPS) is 15.8. The molecule has 4 heteroatoms. The van der Waals surface area contributed by atoms with Crippen molar-refractivity contribution in [3.8, 4) is 17.1 Å². The van der Waals surface area contributed by atoms with Gasteiger partial charge in [0.25, 0.3) is 0 Å². The number of imidazole rings is 1. The summed E-state index contributed by atoms with van der Waals surface area (Å²) in [5, 5.41) is 12.7. The fourth-order valence-electron chi connectivity index (χ4n) is 2.14. The highest BCUT2D eigenvalue weighted by molar-refractivity contribution is 5.58. The van der Waals surface area contributed by atoms with E-state index in [0.29, 0.717) is 5.92 Å². The lowest BCUT2D eigenvalue weighted by molar-refractivity contribution is 0.439. The predicted octanol–water partition coefficient (Wildman–Crippen LogP) is 1.78. The number of aromatic amines is 1. The van der Waals surface area contributed by atoms with Gasteiger partial charge in [-0.15, -0.1) is 0 Å². The van der Waals surface area contributed by atoms with Crippen LogP contribution in [0.1, 0.15) is 17.3 Å². The fraction of sp³-hybridized carbons (Fsp3) is 0.308. The molecule has 0 aliphatic carbocycles. The lowest BCUT2D eigenvalue weighted by Crippen LogP contribution is -2.40. The van der Waals surface area contributed by atoms with Crippen molar-refractivity contribution in [1.82, 2.24) is 15.3 Å². The van der Waals surface area contributed by atoms with Crippen LogP contribution in [0.3, 0.4) is 0 Å². The fourth-order valence-corrected chi connectivity index (χ4v) is 2.14. The molecule has 2 aromatic rings. The van der Waals surface area contributed by atoms with Crippen molar-refractivity contribution in [2.45, 2.75) is 12.8 Å². The Morgan fingerprint density at radius 1 is 1.35 bits per heavy atom. The number of aromatic hydroxyl groups is 1. The minimum absolute atomic E-state index is 0.267. The van der Waals surface area contributed by atoms with Gasteiger partial charge in [-0.1, -0.05) is 12.1 Å². The largest absolute Gasteiger partial charge is 0.508 e. The Labute approximate surface area is 99.7 Å². The van der Waals surface area contributed by atoms with Gasteiger partial charge >= 0.3 is 0 Å². The number of H-pyrrole nitrogens is 1. The quantitative estimate of drug-likeness (QED) is 0.735. The summed E-state index contributed by atoms with van der Waals surface area (Å²) < 4.78 is 0. The molecule has 17 heavy (non-hydrogen) atoms. The first kappa shape index (κ1) is 10.4. The van der Waals surface area contributed by atoms with Crippen molar-refractivity contribution in [1.29, 1.82) is 0 Å². The second-order valence-electron chi connectivity index (χ2n) is 4.50. The highest BCUT2D eigenvalue weighted by Gasteiger charge is 2.24. The maximum Gasteiger partial charge on any atom is 0.137 e. The summed E-state index contributed by atoms with van der Waals surface area (Å²) in [6.45, 7) is 4.06.